The maximum atomic E-state index is 11.7. The van der Waals surface area contributed by atoms with Crippen LogP contribution in [0.4, 0.5) is 0 Å². The zero-order valence-corrected chi connectivity index (χ0v) is 21.9. The third-order valence-corrected chi connectivity index (χ3v) is 3.97. The van der Waals surface area contributed by atoms with Crippen LogP contribution in [-0.4, -0.2) is 41.3 Å². The molecule has 0 fully saturated rings. The number of hydrogen-bond acceptors (Lipinski definition) is 8. The minimum absolute atomic E-state index is 0. The maximum Gasteiger partial charge on any atom is 1.00 e. The van der Waals surface area contributed by atoms with Gasteiger partial charge in [-0.25, -0.2) is 5.09 Å². The molecule has 4 N–H and O–H groups in total. The average Bonchev–Trinajstić information content (AvgIpc) is 2.46. The van der Waals surface area contributed by atoms with E-state index in [4.69, 9.17) is 0 Å². The molecular weight excluding hydrogens is 421 g/mol. The van der Waals surface area contributed by atoms with Crippen LogP contribution < -0.4 is 123 Å². The molecule has 0 aliphatic rings. The molecule has 0 aliphatic carbocycles. The molecule has 1 aromatic carbocycles. The summed E-state index contributed by atoms with van der Waals surface area (Å²) in [5.74, 6) is -2.93. The Morgan fingerprint density at radius 3 is 2.38 bits per heavy atom. The van der Waals surface area contributed by atoms with E-state index in [1.807, 2.05) is 5.09 Å². The van der Waals surface area contributed by atoms with Crippen molar-refractivity contribution in [2.45, 2.75) is 19.4 Å². The SMILES string of the molecule is CC(=O)NCCOP(=O)([O-])N[C@@H](Cc1ccc(O)c(O)c1)C(=O)[O-].[K+].[K+]. The third-order valence-electron chi connectivity index (χ3n) is 2.82. The van der Waals surface area contributed by atoms with Gasteiger partial charge in [0.15, 0.2) is 11.5 Å². The standard InChI is InChI=1S/C13H19N2O8P.2K/c1-8(16)14-4-5-23-24(21,22)15-10(13(19)20)6-9-2-3-11(17)12(18)7-9;;/h2-3,7,10,17-18H,4-6H2,1H3,(H,14,16)(H,19,20)(H2,15,21,22);;/q;2*+1/p-2/t10-;;/m0../s1. The second-order valence-corrected chi connectivity index (χ2v) is 6.35. The van der Waals surface area contributed by atoms with Crippen molar-refractivity contribution in [2.24, 2.45) is 0 Å². The van der Waals surface area contributed by atoms with E-state index in [2.05, 4.69) is 9.84 Å². The van der Waals surface area contributed by atoms with Crippen LogP contribution in [0.3, 0.4) is 0 Å². The van der Waals surface area contributed by atoms with Gasteiger partial charge in [-0.2, -0.15) is 0 Å². The molecule has 1 unspecified atom stereocenters. The van der Waals surface area contributed by atoms with Crippen molar-refractivity contribution in [3.05, 3.63) is 23.8 Å². The number of hydrogen-bond donors (Lipinski definition) is 4. The van der Waals surface area contributed by atoms with Gasteiger partial charge < -0.3 is 34.8 Å². The summed E-state index contributed by atoms with van der Waals surface area (Å²) in [4.78, 5) is 33.4. The molecule has 13 heteroatoms. The van der Waals surface area contributed by atoms with Crippen LogP contribution in [0, 0.1) is 0 Å². The summed E-state index contributed by atoms with van der Waals surface area (Å²) in [5, 5.41) is 33.8. The summed E-state index contributed by atoms with van der Waals surface area (Å²) in [7, 11) is -4.70. The summed E-state index contributed by atoms with van der Waals surface area (Å²) in [6, 6.07) is 1.91. The van der Waals surface area contributed by atoms with Crippen molar-refractivity contribution in [1.29, 1.82) is 0 Å². The molecule has 1 rings (SSSR count). The number of amides is 1. The number of benzene rings is 1. The van der Waals surface area contributed by atoms with E-state index in [9.17, 15) is 34.4 Å². The van der Waals surface area contributed by atoms with Crippen LogP contribution >= 0.6 is 7.75 Å². The first-order valence-electron chi connectivity index (χ1n) is 6.80. The molecule has 0 aliphatic heterocycles. The van der Waals surface area contributed by atoms with Gasteiger partial charge in [0.1, 0.15) is 0 Å². The van der Waals surface area contributed by atoms with Gasteiger partial charge >= 0.3 is 103 Å². The summed E-state index contributed by atoms with van der Waals surface area (Å²) in [6.07, 6.45) is -0.336. The Bertz CT molecular complexity index is 661. The van der Waals surface area contributed by atoms with Gasteiger partial charge in [0.25, 0.3) is 0 Å². The van der Waals surface area contributed by atoms with Crippen molar-refractivity contribution in [1.82, 2.24) is 10.4 Å². The van der Waals surface area contributed by atoms with Crippen LogP contribution in [-0.2, 0) is 25.1 Å². The Morgan fingerprint density at radius 1 is 1.27 bits per heavy atom. The molecule has 1 amide bonds. The molecule has 0 radical (unpaired) electrons. The minimum Gasteiger partial charge on any atom is -0.766 e. The summed E-state index contributed by atoms with van der Waals surface area (Å²) < 4.78 is 16.2. The molecule has 1 aromatic rings. The molecule has 0 saturated carbocycles. The molecular formula is C13H17K2N2O8P. The number of carbonyl (C=O) groups is 2. The minimum atomic E-state index is -4.70. The van der Waals surface area contributed by atoms with E-state index < -0.39 is 31.3 Å². The monoisotopic (exact) mass is 438 g/mol. The van der Waals surface area contributed by atoms with E-state index in [1.54, 1.807) is 0 Å². The number of aliphatic carboxylic acids is 1. The number of rotatable bonds is 9. The van der Waals surface area contributed by atoms with Crippen LogP contribution in [0.15, 0.2) is 18.2 Å². The number of phenolic OH excluding ortho intramolecular Hbond substituents is 2. The first-order valence-corrected chi connectivity index (χ1v) is 8.34. The van der Waals surface area contributed by atoms with Gasteiger partial charge in [-0.1, -0.05) is 6.07 Å². The van der Waals surface area contributed by atoms with Crippen LogP contribution in [0.1, 0.15) is 12.5 Å². The van der Waals surface area contributed by atoms with Crippen LogP contribution in [0.2, 0.25) is 0 Å². The van der Waals surface area contributed by atoms with E-state index in [-0.39, 0.29) is 134 Å². The van der Waals surface area contributed by atoms with E-state index >= 15 is 0 Å². The second kappa shape index (κ2) is 14.2. The predicted molar refractivity (Wildman–Crippen MR) is 77.6 cm³/mol. The van der Waals surface area contributed by atoms with Crippen molar-refractivity contribution < 1.29 is 142 Å². The van der Waals surface area contributed by atoms with Gasteiger partial charge in [-0.05, 0) is 24.1 Å². The van der Waals surface area contributed by atoms with Gasteiger partial charge in [0.2, 0.25) is 13.7 Å². The number of carbonyl (C=O) groups excluding carboxylic acids is 2. The van der Waals surface area contributed by atoms with Crippen LogP contribution in [0.25, 0.3) is 0 Å². The van der Waals surface area contributed by atoms with Gasteiger partial charge in [-0.3, -0.25) is 9.36 Å². The fourth-order valence-corrected chi connectivity index (χ4v) is 2.72. The van der Waals surface area contributed by atoms with Crippen molar-refractivity contribution >= 4 is 19.6 Å². The van der Waals surface area contributed by atoms with Crippen molar-refractivity contribution in [3.63, 3.8) is 0 Å². The molecule has 134 valence electrons. The summed E-state index contributed by atoms with van der Waals surface area (Å²) in [6.45, 7) is 0.812. The molecule has 0 saturated heterocycles. The van der Waals surface area contributed by atoms with Gasteiger partial charge in [-0.15, -0.1) is 0 Å². The van der Waals surface area contributed by atoms with E-state index in [0.29, 0.717) is 0 Å². The predicted octanol–water partition coefficient (Wildman–Crippen LogP) is -8.02. The number of carboxylic acid groups (broad SMARTS) is 1. The normalized spacial score (nSPS) is 13.5. The molecule has 10 nitrogen and oxygen atoms in total. The molecule has 0 heterocycles. The fraction of sp³-hybridized carbons (Fsp3) is 0.385. The molecule has 2 atom stereocenters. The van der Waals surface area contributed by atoms with E-state index in [1.165, 1.54) is 13.0 Å². The zero-order valence-electron chi connectivity index (χ0n) is 14.7. The Kier molecular flexibility index (Phi) is 16.0. The van der Waals surface area contributed by atoms with E-state index in [0.717, 1.165) is 12.1 Å². The zero-order chi connectivity index (χ0) is 18.3. The molecule has 26 heavy (non-hydrogen) atoms. The second-order valence-electron chi connectivity index (χ2n) is 4.84. The first-order chi connectivity index (χ1) is 11.1. The summed E-state index contributed by atoms with van der Waals surface area (Å²) in [5.41, 5.74) is 0.255. The van der Waals surface area contributed by atoms with Crippen molar-refractivity contribution in [2.75, 3.05) is 13.2 Å². The quantitative estimate of drug-likeness (QED) is 0.126. The average molecular weight is 438 g/mol. The Hall–Kier alpha value is 1.14. The third kappa shape index (κ3) is 11.9. The number of carboxylic acids is 1. The molecule has 0 aromatic heterocycles. The topological polar surface area (TPSA) is 171 Å². The first kappa shape index (κ1) is 29.3. The maximum absolute atomic E-state index is 11.7. The largest absolute Gasteiger partial charge is 1.00 e. The van der Waals surface area contributed by atoms with Crippen LogP contribution in [0.5, 0.6) is 11.5 Å². The Morgan fingerprint density at radius 2 is 1.88 bits per heavy atom. The Labute approximate surface area is 235 Å². The van der Waals surface area contributed by atoms with Crippen molar-refractivity contribution in [3.8, 4) is 11.5 Å². The Balaban J connectivity index is 0. The number of aromatic hydroxyl groups is 2. The number of phenols is 2. The molecule has 0 bridgehead atoms. The summed E-state index contributed by atoms with van der Waals surface area (Å²) >= 11 is 0. The number of nitrogens with one attached hydrogen (secondary N) is 2. The molecule has 0 spiro atoms. The van der Waals surface area contributed by atoms with Gasteiger partial charge in [0, 0.05) is 13.5 Å². The smallest absolute Gasteiger partial charge is 0.766 e. The van der Waals surface area contributed by atoms with Gasteiger partial charge in [0.05, 0.1) is 18.6 Å². The fourth-order valence-electron chi connectivity index (χ4n) is 1.73.